The molecule has 0 aromatic carbocycles. The molecule has 11 heavy (non-hydrogen) atoms. The van der Waals surface area contributed by atoms with Gasteiger partial charge in [0.1, 0.15) is 5.60 Å². The Bertz CT molecular complexity index is 177. The van der Waals surface area contributed by atoms with Crippen LogP contribution in [0.5, 0.6) is 0 Å². The van der Waals surface area contributed by atoms with Gasteiger partial charge in [0.2, 0.25) is 5.67 Å². The molecule has 0 aliphatic heterocycles. The van der Waals surface area contributed by atoms with Crippen molar-refractivity contribution in [2.75, 3.05) is 0 Å². The van der Waals surface area contributed by atoms with Gasteiger partial charge in [-0.2, -0.15) is 0 Å². The van der Waals surface area contributed by atoms with E-state index in [1.807, 2.05) is 0 Å². The minimum atomic E-state index is -1.65. The summed E-state index contributed by atoms with van der Waals surface area (Å²) >= 11 is 0. The van der Waals surface area contributed by atoms with E-state index in [4.69, 9.17) is 4.74 Å². The van der Waals surface area contributed by atoms with E-state index in [0.717, 1.165) is 0 Å². The third-order valence-electron chi connectivity index (χ3n) is 1.45. The van der Waals surface area contributed by atoms with E-state index in [1.54, 1.807) is 20.8 Å². The van der Waals surface area contributed by atoms with E-state index in [2.05, 4.69) is 0 Å². The summed E-state index contributed by atoms with van der Waals surface area (Å²) in [6.07, 6.45) is 0.643. The van der Waals surface area contributed by atoms with Gasteiger partial charge < -0.3 is 4.74 Å². The normalized spacial score (nSPS) is 21.1. The maximum absolute atomic E-state index is 12.9. The molecule has 0 N–H and O–H groups in total. The molecule has 0 saturated heterocycles. The number of carbonyl (C=O) groups is 1. The molecule has 1 aliphatic carbocycles. The average molecular weight is 160 g/mol. The van der Waals surface area contributed by atoms with E-state index < -0.39 is 17.2 Å². The van der Waals surface area contributed by atoms with Crippen molar-refractivity contribution in [3.05, 3.63) is 0 Å². The molecule has 1 rings (SSSR count). The van der Waals surface area contributed by atoms with Crippen LogP contribution in [-0.2, 0) is 9.53 Å². The molecule has 2 nitrogen and oxygen atoms in total. The van der Waals surface area contributed by atoms with Crippen LogP contribution in [0.4, 0.5) is 4.39 Å². The molecular formula is C8H13FO2. The number of alkyl halides is 1. The number of hydrogen-bond donors (Lipinski definition) is 0. The minimum Gasteiger partial charge on any atom is -0.458 e. The molecule has 0 aromatic heterocycles. The van der Waals surface area contributed by atoms with Crippen LogP contribution in [0.15, 0.2) is 0 Å². The second-order valence-corrected chi connectivity index (χ2v) is 3.97. The highest BCUT2D eigenvalue weighted by atomic mass is 19.1. The minimum absolute atomic E-state index is 0.321. The van der Waals surface area contributed by atoms with Crippen molar-refractivity contribution in [3.8, 4) is 0 Å². The number of rotatable bonds is 1. The molecular weight excluding hydrogens is 147 g/mol. The van der Waals surface area contributed by atoms with Crippen molar-refractivity contribution >= 4 is 5.97 Å². The van der Waals surface area contributed by atoms with Gasteiger partial charge in [0.05, 0.1) is 0 Å². The topological polar surface area (TPSA) is 26.3 Å². The third-order valence-corrected chi connectivity index (χ3v) is 1.45. The first-order chi connectivity index (χ1) is 4.83. The van der Waals surface area contributed by atoms with Gasteiger partial charge in [-0.25, -0.2) is 9.18 Å². The van der Waals surface area contributed by atoms with Gasteiger partial charge >= 0.3 is 5.97 Å². The molecule has 0 spiro atoms. The SMILES string of the molecule is CC(C)(C)OC(=O)C1(F)CC1. The summed E-state index contributed by atoms with van der Waals surface area (Å²) in [5.74, 6) is -0.704. The van der Waals surface area contributed by atoms with E-state index in [0.29, 0.717) is 12.8 Å². The van der Waals surface area contributed by atoms with Crippen LogP contribution in [0.25, 0.3) is 0 Å². The molecule has 0 aromatic rings. The van der Waals surface area contributed by atoms with E-state index >= 15 is 0 Å². The Kier molecular flexibility index (Phi) is 1.69. The molecule has 0 heterocycles. The van der Waals surface area contributed by atoms with Crippen LogP contribution >= 0.6 is 0 Å². The average Bonchev–Trinajstić information content (AvgIpc) is 2.44. The summed E-state index contributed by atoms with van der Waals surface area (Å²) in [7, 11) is 0. The molecule has 1 aliphatic rings. The maximum Gasteiger partial charge on any atom is 0.344 e. The van der Waals surface area contributed by atoms with Gasteiger partial charge in [-0.3, -0.25) is 0 Å². The molecule has 3 heteroatoms. The Morgan fingerprint density at radius 3 is 2.18 bits per heavy atom. The van der Waals surface area contributed by atoms with Crippen molar-refractivity contribution in [3.63, 3.8) is 0 Å². The first kappa shape index (κ1) is 8.50. The number of hydrogen-bond acceptors (Lipinski definition) is 2. The first-order valence-electron chi connectivity index (χ1n) is 3.76. The Labute approximate surface area is 65.7 Å². The van der Waals surface area contributed by atoms with Gasteiger partial charge in [0.25, 0.3) is 0 Å². The van der Waals surface area contributed by atoms with Crippen molar-refractivity contribution in [1.29, 1.82) is 0 Å². The van der Waals surface area contributed by atoms with Crippen LogP contribution in [0.3, 0.4) is 0 Å². The summed E-state index contributed by atoms with van der Waals surface area (Å²) in [5.41, 5.74) is -2.22. The van der Waals surface area contributed by atoms with Crippen LogP contribution in [0, 0.1) is 0 Å². The van der Waals surface area contributed by atoms with Gasteiger partial charge in [-0.15, -0.1) is 0 Å². The highest BCUT2D eigenvalue weighted by molar-refractivity contribution is 5.82. The van der Waals surface area contributed by atoms with E-state index in [9.17, 15) is 9.18 Å². The molecule has 0 unspecified atom stereocenters. The molecule has 1 fully saturated rings. The fraction of sp³-hybridized carbons (Fsp3) is 0.875. The Morgan fingerprint density at radius 1 is 1.45 bits per heavy atom. The van der Waals surface area contributed by atoms with Crippen molar-refractivity contribution < 1.29 is 13.9 Å². The number of esters is 1. The van der Waals surface area contributed by atoms with Crippen LogP contribution in [0.1, 0.15) is 33.6 Å². The number of halogens is 1. The second kappa shape index (κ2) is 2.19. The predicted octanol–water partition coefficient (Wildman–Crippen LogP) is 1.83. The number of ether oxygens (including phenoxy) is 1. The number of carbonyl (C=O) groups excluding carboxylic acids is 1. The molecule has 0 bridgehead atoms. The van der Waals surface area contributed by atoms with Gasteiger partial charge in [-0.05, 0) is 33.6 Å². The zero-order valence-corrected chi connectivity index (χ0v) is 7.11. The molecule has 0 amide bonds. The van der Waals surface area contributed by atoms with Crippen LogP contribution in [-0.4, -0.2) is 17.2 Å². The highest BCUT2D eigenvalue weighted by Crippen LogP contribution is 2.41. The summed E-state index contributed by atoms with van der Waals surface area (Å²) in [4.78, 5) is 10.9. The van der Waals surface area contributed by atoms with Crippen molar-refractivity contribution in [2.45, 2.75) is 44.9 Å². The first-order valence-corrected chi connectivity index (χ1v) is 3.76. The lowest BCUT2D eigenvalue weighted by Gasteiger charge is -2.20. The maximum atomic E-state index is 12.9. The zero-order valence-electron chi connectivity index (χ0n) is 7.11. The summed E-state index contributed by atoms with van der Waals surface area (Å²) in [6.45, 7) is 5.20. The predicted molar refractivity (Wildman–Crippen MR) is 38.9 cm³/mol. The third kappa shape index (κ3) is 2.17. The quantitative estimate of drug-likeness (QED) is 0.547. The lowest BCUT2D eigenvalue weighted by atomic mass is 10.2. The summed E-state index contributed by atoms with van der Waals surface area (Å²) in [5, 5.41) is 0. The molecule has 0 atom stereocenters. The zero-order chi connectivity index (χ0) is 8.70. The largest absolute Gasteiger partial charge is 0.458 e. The standard InChI is InChI=1S/C8H13FO2/c1-7(2,3)11-6(10)8(9)4-5-8/h4-5H2,1-3H3. The molecule has 64 valence electrons. The molecule has 1 saturated carbocycles. The van der Waals surface area contributed by atoms with Gasteiger partial charge in [0, 0.05) is 0 Å². The fourth-order valence-electron chi connectivity index (χ4n) is 0.683. The Morgan fingerprint density at radius 2 is 1.91 bits per heavy atom. The van der Waals surface area contributed by atoms with Gasteiger partial charge in [0.15, 0.2) is 0 Å². The Balaban J connectivity index is 2.45. The van der Waals surface area contributed by atoms with Crippen molar-refractivity contribution in [1.82, 2.24) is 0 Å². The monoisotopic (exact) mass is 160 g/mol. The van der Waals surface area contributed by atoms with Crippen LogP contribution in [0.2, 0.25) is 0 Å². The Hall–Kier alpha value is -0.600. The lowest BCUT2D eigenvalue weighted by Crippen LogP contribution is -2.30. The lowest BCUT2D eigenvalue weighted by molar-refractivity contribution is -0.162. The van der Waals surface area contributed by atoms with Crippen LogP contribution < -0.4 is 0 Å². The van der Waals surface area contributed by atoms with E-state index in [1.165, 1.54) is 0 Å². The second-order valence-electron chi connectivity index (χ2n) is 3.97. The fourth-order valence-corrected chi connectivity index (χ4v) is 0.683. The van der Waals surface area contributed by atoms with E-state index in [-0.39, 0.29) is 0 Å². The highest BCUT2D eigenvalue weighted by Gasteiger charge is 2.53. The summed E-state index contributed by atoms with van der Waals surface area (Å²) in [6, 6.07) is 0. The smallest absolute Gasteiger partial charge is 0.344 e. The van der Waals surface area contributed by atoms with Crippen molar-refractivity contribution in [2.24, 2.45) is 0 Å². The van der Waals surface area contributed by atoms with Gasteiger partial charge in [-0.1, -0.05) is 0 Å². The summed E-state index contributed by atoms with van der Waals surface area (Å²) < 4.78 is 17.8. The molecule has 0 radical (unpaired) electrons.